The Bertz CT molecular complexity index is 646. The van der Waals surface area contributed by atoms with Gasteiger partial charge in [0.15, 0.2) is 5.82 Å². The lowest BCUT2D eigenvalue weighted by atomic mass is 9.90. The van der Waals surface area contributed by atoms with Crippen molar-refractivity contribution in [3.8, 4) is 0 Å². The van der Waals surface area contributed by atoms with E-state index in [9.17, 15) is 0 Å². The lowest BCUT2D eigenvalue weighted by molar-refractivity contribution is 0.193. The number of hydrogen-bond acceptors (Lipinski definition) is 6. The van der Waals surface area contributed by atoms with Crippen LogP contribution in [0.5, 0.6) is 0 Å². The zero-order valence-electron chi connectivity index (χ0n) is 11.2. The summed E-state index contributed by atoms with van der Waals surface area (Å²) in [5, 5.41) is 18.4. The Morgan fingerprint density at radius 3 is 3.00 bits per heavy atom. The number of nitrogens with one attached hydrogen (secondary N) is 1. The average molecular weight is 291 g/mol. The Morgan fingerprint density at radius 2 is 2.25 bits per heavy atom. The molecule has 2 aromatic rings. The number of aromatic nitrogens is 4. The molecular formula is C13H17N5OS. The minimum absolute atomic E-state index is 0.359. The first-order valence-electron chi connectivity index (χ1n) is 7.44. The second kappa shape index (κ2) is 4.22. The summed E-state index contributed by atoms with van der Waals surface area (Å²) in [6.07, 6.45) is 4.88. The molecule has 0 aliphatic carbocycles. The zero-order chi connectivity index (χ0) is 13.1. The van der Waals surface area contributed by atoms with E-state index in [-0.39, 0.29) is 0 Å². The fourth-order valence-electron chi connectivity index (χ4n) is 3.89. The normalized spacial score (nSPS) is 36.4. The smallest absolute Gasteiger partial charge is 0.234 e. The quantitative estimate of drug-likeness (QED) is 0.903. The van der Waals surface area contributed by atoms with Gasteiger partial charge in [0.1, 0.15) is 5.01 Å². The fourth-order valence-corrected chi connectivity index (χ4v) is 4.91. The van der Waals surface area contributed by atoms with E-state index in [1.165, 1.54) is 24.3 Å². The van der Waals surface area contributed by atoms with Crippen LogP contribution in [-0.4, -0.2) is 45.1 Å². The van der Waals surface area contributed by atoms with Crippen LogP contribution in [0.1, 0.15) is 48.4 Å². The van der Waals surface area contributed by atoms with Gasteiger partial charge < -0.3 is 10.1 Å². The van der Waals surface area contributed by atoms with E-state index >= 15 is 0 Å². The Labute approximate surface area is 120 Å². The molecule has 5 heterocycles. The highest BCUT2D eigenvalue weighted by Gasteiger charge is 2.41. The van der Waals surface area contributed by atoms with E-state index in [1.807, 2.05) is 4.52 Å². The lowest BCUT2D eigenvalue weighted by Gasteiger charge is -2.16. The van der Waals surface area contributed by atoms with Gasteiger partial charge in [-0.25, -0.2) is 0 Å². The van der Waals surface area contributed by atoms with Gasteiger partial charge in [0.05, 0.1) is 6.61 Å². The van der Waals surface area contributed by atoms with E-state index in [1.54, 1.807) is 11.3 Å². The third-order valence-electron chi connectivity index (χ3n) is 4.94. The van der Waals surface area contributed by atoms with Crippen LogP contribution in [0.2, 0.25) is 0 Å². The van der Waals surface area contributed by atoms with Gasteiger partial charge >= 0.3 is 0 Å². The maximum Gasteiger partial charge on any atom is 0.234 e. The molecule has 0 saturated carbocycles. The van der Waals surface area contributed by atoms with Crippen LogP contribution < -0.4 is 5.32 Å². The van der Waals surface area contributed by atoms with E-state index < -0.39 is 0 Å². The van der Waals surface area contributed by atoms with Crippen molar-refractivity contribution < 1.29 is 4.74 Å². The maximum absolute atomic E-state index is 5.46. The minimum Gasteiger partial charge on any atom is -0.381 e. The van der Waals surface area contributed by atoms with Gasteiger partial charge in [0.2, 0.25) is 4.96 Å². The Hall–Kier alpha value is -1.05. The van der Waals surface area contributed by atoms with Gasteiger partial charge in [0, 0.05) is 30.5 Å². The van der Waals surface area contributed by atoms with Crippen molar-refractivity contribution in [2.45, 2.75) is 49.6 Å². The van der Waals surface area contributed by atoms with Crippen molar-refractivity contribution >= 4 is 16.3 Å². The molecule has 2 aromatic heterocycles. The van der Waals surface area contributed by atoms with E-state index in [0.717, 1.165) is 30.4 Å². The molecule has 106 valence electrons. The molecule has 4 atom stereocenters. The van der Waals surface area contributed by atoms with Gasteiger partial charge in [-0.05, 0) is 25.7 Å². The van der Waals surface area contributed by atoms with Gasteiger partial charge in [-0.1, -0.05) is 11.3 Å². The minimum atomic E-state index is 0.359. The van der Waals surface area contributed by atoms with Crippen molar-refractivity contribution in [2.75, 3.05) is 13.2 Å². The zero-order valence-corrected chi connectivity index (χ0v) is 12.0. The molecule has 1 N–H and O–H groups in total. The molecular weight excluding hydrogens is 274 g/mol. The topological polar surface area (TPSA) is 64.3 Å². The van der Waals surface area contributed by atoms with Gasteiger partial charge in [-0.2, -0.15) is 9.61 Å². The van der Waals surface area contributed by atoms with Crippen molar-refractivity contribution in [3.05, 3.63) is 10.8 Å². The molecule has 4 unspecified atom stereocenters. The molecule has 0 aromatic carbocycles. The molecule has 3 aliphatic rings. The highest BCUT2D eigenvalue weighted by atomic mass is 32.1. The van der Waals surface area contributed by atoms with Gasteiger partial charge in [-0.15, -0.1) is 10.2 Å². The summed E-state index contributed by atoms with van der Waals surface area (Å²) in [5.74, 6) is 1.92. The van der Waals surface area contributed by atoms with E-state index in [2.05, 4.69) is 15.5 Å². The van der Waals surface area contributed by atoms with Gasteiger partial charge in [0.25, 0.3) is 0 Å². The molecule has 3 aliphatic heterocycles. The van der Waals surface area contributed by atoms with E-state index in [4.69, 9.17) is 9.84 Å². The molecule has 2 bridgehead atoms. The molecule has 0 spiro atoms. The summed E-state index contributed by atoms with van der Waals surface area (Å²) < 4.78 is 7.42. The van der Waals surface area contributed by atoms with E-state index in [0.29, 0.717) is 23.9 Å². The molecule has 20 heavy (non-hydrogen) atoms. The predicted octanol–water partition coefficient (Wildman–Crippen LogP) is 1.30. The predicted molar refractivity (Wildman–Crippen MR) is 74.1 cm³/mol. The SMILES string of the molecule is C1CC(c2nnc3sc(C4CC5CCC4N5)nn23)CO1. The third-order valence-corrected chi connectivity index (χ3v) is 5.97. The lowest BCUT2D eigenvalue weighted by Crippen LogP contribution is -2.21. The maximum atomic E-state index is 5.46. The van der Waals surface area contributed by atoms with Crippen LogP contribution in [0.4, 0.5) is 0 Å². The number of ether oxygens (including phenoxy) is 1. The molecule has 5 rings (SSSR count). The van der Waals surface area contributed by atoms with Gasteiger partial charge in [-0.3, -0.25) is 0 Å². The van der Waals surface area contributed by atoms with Crippen LogP contribution in [0.3, 0.4) is 0 Å². The Morgan fingerprint density at radius 1 is 1.25 bits per heavy atom. The molecule has 6 nitrogen and oxygen atoms in total. The monoisotopic (exact) mass is 291 g/mol. The molecule has 7 heteroatoms. The first-order valence-corrected chi connectivity index (χ1v) is 8.26. The summed E-state index contributed by atoms with van der Waals surface area (Å²) in [6, 6.07) is 1.34. The summed E-state index contributed by atoms with van der Waals surface area (Å²) in [6.45, 7) is 1.58. The van der Waals surface area contributed by atoms with Crippen LogP contribution in [0.25, 0.3) is 4.96 Å². The largest absolute Gasteiger partial charge is 0.381 e. The number of hydrogen-bond donors (Lipinski definition) is 1. The average Bonchev–Trinajstić information content (AvgIpc) is 3.22. The first kappa shape index (κ1) is 11.6. The van der Waals surface area contributed by atoms with Crippen molar-refractivity contribution in [1.82, 2.24) is 25.1 Å². The van der Waals surface area contributed by atoms with Crippen LogP contribution in [-0.2, 0) is 4.74 Å². The van der Waals surface area contributed by atoms with Crippen LogP contribution >= 0.6 is 11.3 Å². The summed E-state index contributed by atoms with van der Waals surface area (Å²) >= 11 is 1.71. The second-order valence-electron chi connectivity index (χ2n) is 6.14. The molecule has 3 fully saturated rings. The number of rotatable bonds is 2. The molecule has 0 amide bonds. The summed E-state index contributed by atoms with van der Waals surface area (Å²) in [5.41, 5.74) is 0. The van der Waals surface area contributed by atoms with Crippen LogP contribution in [0, 0.1) is 0 Å². The van der Waals surface area contributed by atoms with Crippen LogP contribution in [0.15, 0.2) is 0 Å². The summed E-state index contributed by atoms with van der Waals surface area (Å²) in [4.78, 5) is 0.935. The number of nitrogens with zero attached hydrogens (tertiary/aromatic N) is 4. The highest BCUT2D eigenvalue weighted by molar-refractivity contribution is 7.16. The first-order chi connectivity index (χ1) is 9.88. The standard InChI is InChI=1S/C13H17N5OS/c1-2-10-9(5-8(1)14-10)12-17-18-11(7-3-4-19-6-7)15-16-13(18)20-12/h7-10,14H,1-6H2. The summed E-state index contributed by atoms with van der Waals surface area (Å²) in [7, 11) is 0. The molecule has 0 radical (unpaired) electrons. The van der Waals surface area contributed by atoms with Crippen molar-refractivity contribution in [1.29, 1.82) is 0 Å². The Balaban J connectivity index is 1.52. The second-order valence-corrected chi connectivity index (χ2v) is 7.13. The third kappa shape index (κ3) is 1.60. The van der Waals surface area contributed by atoms with Crippen molar-refractivity contribution in [2.24, 2.45) is 0 Å². The fraction of sp³-hybridized carbons (Fsp3) is 0.769. The number of fused-ring (bicyclic) bond motifs is 3. The van der Waals surface area contributed by atoms with Crippen molar-refractivity contribution in [3.63, 3.8) is 0 Å². The molecule has 3 saturated heterocycles. The Kier molecular flexibility index (Phi) is 2.45. The highest BCUT2D eigenvalue weighted by Crippen LogP contribution is 2.41.